The van der Waals surface area contributed by atoms with Crippen LogP contribution in [0.5, 0.6) is 0 Å². The van der Waals surface area contributed by atoms with Crippen molar-refractivity contribution in [2.75, 3.05) is 0 Å². The van der Waals surface area contributed by atoms with Gasteiger partial charge in [0.2, 0.25) is 0 Å². The van der Waals surface area contributed by atoms with Crippen LogP contribution in [0.2, 0.25) is 5.02 Å². The molecule has 1 spiro atoms. The minimum atomic E-state index is -0.776. The number of halogens is 1. The highest BCUT2D eigenvalue weighted by molar-refractivity contribution is 6.30. The van der Waals surface area contributed by atoms with Crippen LogP contribution in [0.25, 0.3) is 0 Å². The summed E-state index contributed by atoms with van der Waals surface area (Å²) in [6, 6.07) is 5.72. The summed E-state index contributed by atoms with van der Waals surface area (Å²) in [6.07, 6.45) is 2.50. The van der Waals surface area contributed by atoms with E-state index in [0.717, 1.165) is 23.2 Å². The van der Waals surface area contributed by atoms with E-state index in [1.807, 2.05) is 25.4 Å². The molecule has 8 heteroatoms. The molecule has 1 aromatic carbocycles. The molecule has 2 aliphatic rings. The molecule has 0 bridgehead atoms. The zero-order chi connectivity index (χ0) is 17.8. The van der Waals surface area contributed by atoms with Gasteiger partial charge in [0.1, 0.15) is 0 Å². The number of rotatable bonds is 2. The number of hydrogen-bond donors (Lipinski definition) is 2. The van der Waals surface area contributed by atoms with Crippen molar-refractivity contribution in [3.63, 3.8) is 0 Å². The molecule has 0 aliphatic carbocycles. The van der Waals surface area contributed by atoms with Crippen molar-refractivity contribution >= 4 is 17.5 Å². The average Bonchev–Trinajstić information content (AvgIpc) is 3.09. The lowest BCUT2D eigenvalue weighted by atomic mass is 9.78. The number of benzene rings is 1. The summed E-state index contributed by atoms with van der Waals surface area (Å²) in [5.74, 6) is -0.498. The van der Waals surface area contributed by atoms with Gasteiger partial charge in [-0.15, -0.1) is 5.10 Å². The van der Waals surface area contributed by atoms with E-state index < -0.39 is 17.6 Å². The smallest absolute Gasteiger partial charge is 0.251 e. The summed E-state index contributed by atoms with van der Waals surface area (Å²) in [4.78, 5) is 12.0. The summed E-state index contributed by atoms with van der Waals surface area (Å²) < 4.78 is 7.96. The van der Waals surface area contributed by atoms with Crippen molar-refractivity contribution in [2.24, 2.45) is 12.8 Å². The number of fused-ring (bicyclic) bond motifs is 2. The normalized spacial score (nSPS) is 31.2. The van der Waals surface area contributed by atoms with Crippen molar-refractivity contribution in [1.29, 1.82) is 0 Å². The summed E-state index contributed by atoms with van der Waals surface area (Å²) in [7, 11) is 1.84. The van der Waals surface area contributed by atoms with Gasteiger partial charge < -0.3 is 15.8 Å². The van der Waals surface area contributed by atoms with Crippen LogP contribution in [0.4, 0.5) is 0 Å². The molecule has 1 amide bonds. The number of nitrogens with one attached hydrogen (secondary N) is 1. The summed E-state index contributed by atoms with van der Waals surface area (Å²) >= 11 is 6.14. The van der Waals surface area contributed by atoms with Gasteiger partial charge in [0, 0.05) is 30.7 Å². The van der Waals surface area contributed by atoms with Crippen LogP contribution in [0.15, 0.2) is 24.4 Å². The first-order valence-electron chi connectivity index (χ1n) is 8.27. The molecule has 0 saturated carbocycles. The largest absolute Gasteiger partial charge is 0.367 e. The highest BCUT2D eigenvalue weighted by Crippen LogP contribution is 2.52. The zero-order valence-corrected chi connectivity index (χ0v) is 14.8. The lowest BCUT2D eigenvalue weighted by molar-refractivity contribution is -0.148. The van der Waals surface area contributed by atoms with Crippen LogP contribution in [0.3, 0.4) is 0 Å². The van der Waals surface area contributed by atoms with E-state index >= 15 is 0 Å². The van der Waals surface area contributed by atoms with Crippen LogP contribution in [0, 0.1) is 0 Å². The van der Waals surface area contributed by atoms with Crippen molar-refractivity contribution in [3.8, 4) is 0 Å². The number of ether oxygens (including phenoxy) is 1. The van der Waals surface area contributed by atoms with E-state index in [2.05, 4.69) is 22.6 Å². The quantitative estimate of drug-likeness (QED) is 0.849. The fourth-order valence-electron chi connectivity index (χ4n) is 4.13. The first kappa shape index (κ1) is 16.5. The Bertz CT molecular complexity index is 838. The number of aryl methyl sites for hydroxylation is 1. The Morgan fingerprint density at radius 3 is 2.96 bits per heavy atom. The molecule has 2 unspecified atom stereocenters. The Kier molecular flexibility index (Phi) is 3.82. The molecule has 2 aromatic rings. The van der Waals surface area contributed by atoms with Crippen LogP contribution in [-0.4, -0.2) is 26.9 Å². The second-order valence-corrected chi connectivity index (χ2v) is 7.41. The van der Waals surface area contributed by atoms with Gasteiger partial charge in [-0.25, -0.2) is 0 Å². The number of piperidine rings is 1. The Labute approximate surface area is 150 Å². The molecule has 7 nitrogen and oxygen atoms in total. The standard InChI is InChI=1S/C17H20ClN5O2/c1-9-6-17(7-13(20-9)14-8-23(2)22-21-14)12-4-3-10(18)5-11(12)15(25-17)16(19)24/h3-5,8-9,13,15,20H,6-7H2,1-2H3,(H2,19,24)/t9-,13-,15?,17?/m0/s1. The lowest BCUT2D eigenvalue weighted by Crippen LogP contribution is -2.47. The molecule has 0 radical (unpaired) electrons. The number of carbonyl (C=O) groups is 1. The van der Waals surface area contributed by atoms with E-state index in [4.69, 9.17) is 22.1 Å². The van der Waals surface area contributed by atoms with Gasteiger partial charge in [-0.3, -0.25) is 9.48 Å². The fraction of sp³-hybridized carbons (Fsp3) is 0.471. The van der Waals surface area contributed by atoms with Crippen molar-refractivity contribution in [1.82, 2.24) is 20.3 Å². The Hall–Kier alpha value is -1.96. The van der Waals surface area contributed by atoms with E-state index in [0.29, 0.717) is 11.4 Å². The minimum absolute atomic E-state index is 0.0207. The van der Waals surface area contributed by atoms with Gasteiger partial charge in [0.05, 0.1) is 17.3 Å². The summed E-state index contributed by atoms with van der Waals surface area (Å²) in [6.45, 7) is 2.10. The number of primary amides is 1. The van der Waals surface area contributed by atoms with Gasteiger partial charge in [0.15, 0.2) is 6.10 Å². The molecular weight excluding hydrogens is 342 g/mol. The first-order chi connectivity index (χ1) is 11.9. The predicted octanol–water partition coefficient (Wildman–Crippen LogP) is 1.73. The number of aromatic nitrogens is 3. The average molecular weight is 362 g/mol. The number of amides is 1. The zero-order valence-electron chi connectivity index (χ0n) is 14.1. The highest BCUT2D eigenvalue weighted by Gasteiger charge is 2.51. The molecule has 1 aromatic heterocycles. The Morgan fingerprint density at radius 2 is 2.28 bits per heavy atom. The van der Waals surface area contributed by atoms with Crippen molar-refractivity contribution in [3.05, 3.63) is 46.2 Å². The Balaban J connectivity index is 1.77. The van der Waals surface area contributed by atoms with Gasteiger partial charge >= 0.3 is 0 Å². The number of nitrogens with zero attached hydrogens (tertiary/aromatic N) is 3. The van der Waals surface area contributed by atoms with Gasteiger partial charge in [-0.1, -0.05) is 22.9 Å². The molecular formula is C17H20ClN5O2. The minimum Gasteiger partial charge on any atom is -0.367 e. The number of nitrogens with two attached hydrogens (primary N) is 1. The molecule has 2 aliphatic heterocycles. The number of carbonyl (C=O) groups excluding carboxylic acids is 1. The summed E-state index contributed by atoms with van der Waals surface area (Å²) in [5, 5.41) is 12.4. The third kappa shape index (κ3) is 2.72. The third-order valence-electron chi connectivity index (χ3n) is 5.02. The maximum Gasteiger partial charge on any atom is 0.251 e. The maximum absolute atomic E-state index is 12.0. The molecule has 132 valence electrons. The topological polar surface area (TPSA) is 95.1 Å². The van der Waals surface area contributed by atoms with Crippen LogP contribution in [-0.2, 0) is 22.2 Å². The molecule has 3 N–H and O–H groups in total. The van der Waals surface area contributed by atoms with Crippen LogP contribution in [0.1, 0.15) is 48.7 Å². The van der Waals surface area contributed by atoms with Gasteiger partial charge in [-0.2, -0.15) is 0 Å². The highest BCUT2D eigenvalue weighted by atomic mass is 35.5. The third-order valence-corrected chi connectivity index (χ3v) is 5.26. The van der Waals surface area contributed by atoms with E-state index in [1.54, 1.807) is 10.7 Å². The van der Waals surface area contributed by atoms with Crippen LogP contribution >= 0.6 is 11.6 Å². The molecule has 4 rings (SSSR count). The van der Waals surface area contributed by atoms with E-state index in [-0.39, 0.29) is 12.1 Å². The number of hydrogen-bond acceptors (Lipinski definition) is 5. The maximum atomic E-state index is 12.0. The van der Waals surface area contributed by atoms with Crippen molar-refractivity contribution < 1.29 is 9.53 Å². The van der Waals surface area contributed by atoms with Gasteiger partial charge in [0.25, 0.3) is 5.91 Å². The fourth-order valence-corrected chi connectivity index (χ4v) is 4.31. The molecule has 1 fully saturated rings. The second-order valence-electron chi connectivity index (χ2n) is 6.97. The molecule has 3 heterocycles. The van der Waals surface area contributed by atoms with Crippen LogP contribution < -0.4 is 11.1 Å². The van der Waals surface area contributed by atoms with Gasteiger partial charge in [-0.05, 0) is 36.6 Å². The SMILES string of the molecule is C[C@H]1CC2(C[C@@H](c3cn(C)nn3)N1)OC(C(N)=O)c1cc(Cl)ccc12. The summed E-state index contributed by atoms with van der Waals surface area (Å²) in [5.41, 5.74) is 7.61. The Morgan fingerprint density at radius 1 is 1.48 bits per heavy atom. The molecule has 1 saturated heterocycles. The van der Waals surface area contributed by atoms with E-state index in [9.17, 15) is 4.79 Å². The van der Waals surface area contributed by atoms with Crippen molar-refractivity contribution in [2.45, 2.75) is 43.6 Å². The first-order valence-corrected chi connectivity index (χ1v) is 8.65. The molecule has 4 atom stereocenters. The predicted molar refractivity (Wildman–Crippen MR) is 91.7 cm³/mol. The van der Waals surface area contributed by atoms with E-state index in [1.165, 1.54) is 0 Å². The lowest BCUT2D eigenvalue weighted by Gasteiger charge is -2.41. The second kappa shape index (κ2) is 5.79. The molecule has 25 heavy (non-hydrogen) atoms. The monoisotopic (exact) mass is 361 g/mol.